The second-order valence-corrected chi connectivity index (χ2v) is 2.38. The Hall–Kier alpha value is -1.63. The lowest BCUT2D eigenvalue weighted by Crippen LogP contribution is -2.23. The number of carbonyl (C=O) groups is 2. The molecule has 1 amide bonds. The number of rotatable bonds is 3. The summed E-state index contributed by atoms with van der Waals surface area (Å²) >= 11 is 0. The topological polar surface area (TPSA) is 70.0 Å². The van der Waals surface area contributed by atoms with E-state index in [-0.39, 0.29) is 18.1 Å². The lowest BCUT2D eigenvalue weighted by molar-refractivity contribution is -0.126. The van der Waals surface area contributed by atoms with Crippen molar-refractivity contribution in [2.45, 2.75) is 20.3 Å². The molecule has 0 rings (SSSR count). The van der Waals surface area contributed by atoms with Crippen LogP contribution < -0.4 is 5.32 Å². The number of nitriles is 1. The monoisotopic (exact) mass is 166 g/mol. The number of amides is 1. The van der Waals surface area contributed by atoms with Crippen molar-refractivity contribution in [3.05, 3.63) is 11.8 Å². The summed E-state index contributed by atoms with van der Waals surface area (Å²) in [6.45, 7) is 2.92. The Morgan fingerprint density at radius 1 is 1.50 bits per heavy atom. The summed E-state index contributed by atoms with van der Waals surface area (Å²) in [5, 5.41) is 10.6. The number of Topliss-reactive ketones (excluding diaryl/α,β-unsaturated/α-hetero) is 1. The van der Waals surface area contributed by atoms with Gasteiger partial charge in [0, 0.05) is 11.8 Å². The Bertz CT molecular complexity index is 261. The molecule has 0 saturated carbocycles. The van der Waals surface area contributed by atoms with E-state index in [1.807, 2.05) is 0 Å². The van der Waals surface area contributed by atoms with Gasteiger partial charge in [0.05, 0.1) is 12.5 Å². The van der Waals surface area contributed by atoms with E-state index in [1.54, 1.807) is 13.0 Å². The Kier molecular flexibility index (Phi) is 4.39. The highest BCUT2D eigenvalue weighted by Crippen LogP contribution is 1.88. The van der Waals surface area contributed by atoms with Crippen LogP contribution in [0.4, 0.5) is 0 Å². The Labute approximate surface area is 70.9 Å². The van der Waals surface area contributed by atoms with E-state index in [0.29, 0.717) is 5.70 Å². The van der Waals surface area contributed by atoms with Crippen molar-refractivity contribution in [3.63, 3.8) is 0 Å². The molecule has 0 aliphatic carbocycles. The first-order valence-electron chi connectivity index (χ1n) is 3.42. The molecule has 0 aliphatic heterocycles. The average Bonchev–Trinajstić information content (AvgIpc) is 1.84. The minimum Gasteiger partial charge on any atom is -0.329 e. The molecule has 4 heteroatoms. The molecule has 0 aliphatic rings. The summed E-state index contributed by atoms with van der Waals surface area (Å²) in [6.07, 6.45) is 1.06. The number of hydrogen-bond acceptors (Lipinski definition) is 3. The van der Waals surface area contributed by atoms with E-state index in [9.17, 15) is 9.59 Å². The molecule has 64 valence electrons. The van der Waals surface area contributed by atoms with Crippen molar-refractivity contribution in [2.75, 3.05) is 0 Å². The molecule has 12 heavy (non-hydrogen) atoms. The van der Waals surface area contributed by atoms with E-state index in [2.05, 4.69) is 5.32 Å². The summed E-state index contributed by atoms with van der Waals surface area (Å²) in [5.74, 6) is -0.580. The zero-order valence-corrected chi connectivity index (χ0v) is 7.05. The van der Waals surface area contributed by atoms with Gasteiger partial charge < -0.3 is 5.32 Å². The average molecular weight is 166 g/mol. The number of hydrogen-bond donors (Lipinski definition) is 1. The quantitative estimate of drug-likeness (QED) is 0.490. The first-order valence-corrected chi connectivity index (χ1v) is 3.42. The first kappa shape index (κ1) is 10.4. The van der Waals surface area contributed by atoms with Gasteiger partial charge in [-0.15, -0.1) is 0 Å². The number of nitrogens with zero attached hydrogens (tertiary/aromatic N) is 1. The molecule has 0 bridgehead atoms. The summed E-state index contributed by atoms with van der Waals surface area (Å²) in [7, 11) is 0. The van der Waals surface area contributed by atoms with Gasteiger partial charge in [0.15, 0.2) is 0 Å². The lowest BCUT2D eigenvalue weighted by Gasteiger charge is -2.00. The van der Waals surface area contributed by atoms with Crippen LogP contribution in [0.25, 0.3) is 0 Å². The molecular formula is C8H10N2O2. The first-order chi connectivity index (χ1) is 5.56. The molecule has 0 atom stereocenters. The summed E-state index contributed by atoms with van der Waals surface area (Å²) in [4.78, 5) is 21.3. The normalized spacial score (nSPS) is 10.2. The third-order valence-corrected chi connectivity index (χ3v) is 1.03. The third-order valence-electron chi connectivity index (χ3n) is 1.03. The highest BCUT2D eigenvalue weighted by atomic mass is 16.2. The van der Waals surface area contributed by atoms with Crippen molar-refractivity contribution in [1.29, 1.82) is 5.26 Å². The van der Waals surface area contributed by atoms with Gasteiger partial charge in [-0.2, -0.15) is 5.26 Å². The van der Waals surface area contributed by atoms with Crippen molar-refractivity contribution in [1.82, 2.24) is 5.32 Å². The van der Waals surface area contributed by atoms with Crippen LogP contribution in [0.2, 0.25) is 0 Å². The minimum absolute atomic E-state index is 0.142. The Morgan fingerprint density at radius 2 is 2.08 bits per heavy atom. The smallest absolute Gasteiger partial charge is 0.231 e. The molecule has 0 aromatic rings. The fourth-order valence-corrected chi connectivity index (χ4v) is 0.623. The van der Waals surface area contributed by atoms with Crippen molar-refractivity contribution >= 4 is 11.7 Å². The molecule has 0 fully saturated rings. The molecular weight excluding hydrogens is 156 g/mol. The second kappa shape index (κ2) is 5.08. The molecule has 0 aromatic carbocycles. The van der Waals surface area contributed by atoms with E-state index in [1.165, 1.54) is 13.0 Å². The van der Waals surface area contributed by atoms with Crippen molar-refractivity contribution in [3.8, 4) is 6.07 Å². The number of allylic oxidation sites excluding steroid dienone is 2. The van der Waals surface area contributed by atoms with Crippen LogP contribution in [0.15, 0.2) is 11.8 Å². The van der Waals surface area contributed by atoms with E-state index >= 15 is 0 Å². The van der Waals surface area contributed by atoms with Crippen LogP contribution in [0, 0.1) is 11.3 Å². The maximum absolute atomic E-state index is 10.9. The van der Waals surface area contributed by atoms with Gasteiger partial charge in [-0.05, 0) is 13.8 Å². The lowest BCUT2D eigenvalue weighted by atomic mass is 10.3. The number of ketones is 1. The van der Waals surface area contributed by atoms with Crippen LogP contribution >= 0.6 is 0 Å². The van der Waals surface area contributed by atoms with Crippen molar-refractivity contribution < 1.29 is 9.59 Å². The second-order valence-electron chi connectivity index (χ2n) is 2.38. The number of carbonyl (C=O) groups excluding carboxylic acids is 2. The number of nitrogens with one attached hydrogen (secondary N) is 1. The third kappa shape index (κ3) is 5.18. The molecule has 0 saturated heterocycles. The Morgan fingerprint density at radius 3 is 2.50 bits per heavy atom. The van der Waals surface area contributed by atoms with Gasteiger partial charge in [-0.25, -0.2) is 0 Å². The molecule has 4 nitrogen and oxygen atoms in total. The fraction of sp³-hybridized carbons (Fsp3) is 0.375. The molecule has 0 unspecified atom stereocenters. The van der Waals surface area contributed by atoms with Crippen LogP contribution in [0.5, 0.6) is 0 Å². The highest BCUT2D eigenvalue weighted by Gasteiger charge is 2.03. The molecule has 0 spiro atoms. The zero-order valence-electron chi connectivity index (χ0n) is 7.05. The van der Waals surface area contributed by atoms with Gasteiger partial charge in [0.25, 0.3) is 0 Å². The van der Waals surface area contributed by atoms with Crippen LogP contribution in [0.1, 0.15) is 20.3 Å². The predicted molar refractivity (Wildman–Crippen MR) is 42.8 cm³/mol. The standard InChI is InChI=1S/C8H10N2O2/c1-6(3-4-9)10-8(12)5-7(2)11/h3H,5H2,1-2H3,(H,10,12). The van der Waals surface area contributed by atoms with Crippen molar-refractivity contribution in [2.24, 2.45) is 0 Å². The highest BCUT2D eigenvalue weighted by molar-refractivity contribution is 5.97. The molecule has 0 radical (unpaired) electrons. The maximum atomic E-state index is 10.9. The predicted octanol–water partition coefficient (Wildman–Crippen LogP) is 0.509. The fourth-order valence-electron chi connectivity index (χ4n) is 0.623. The van der Waals surface area contributed by atoms with Crippen LogP contribution in [0.3, 0.4) is 0 Å². The van der Waals surface area contributed by atoms with E-state index in [4.69, 9.17) is 5.26 Å². The summed E-state index contributed by atoms with van der Waals surface area (Å²) in [5.41, 5.74) is 0.448. The van der Waals surface area contributed by atoms with Crippen LogP contribution in [-0.2, 0) is 9.59 Å². The minimum atomic E-state index is -0.383. The van der Waals surface area contributed by atoms with E-state index < -0.39 is 0 Å². The van der Waals surface area contributed by atoms with Gasteiger partial charge in [0.2, 0.25) is 5.91 Å². The summed E-state index contributed by atoms with van der Waals surface area (Å²) < 4.78 is 0. The van der Waals surface area contributed by atoms with Gasteiger partial charge >= 0.3 is 0 Å². The summed E-state index contributed by atoms with van der Waals surface area (Å²) in [6, 6.07) is 1.76. The molecule has 0 aromatic heterocycles. The van der Waals surface area contributed by atoms with E-state index in [0.717, 1.165) is 0 Å². The molecule has 1 N–H and O–H groups in total. The van der Waals surface area contributed by atoms with Gasteiger partial charge in [-0.3, -0.25) is 9.59 Å². The largest absolute Gasteiger partial charge is 0.329 e. The molecule has 0 heterocycles. The zero-order chi connectivity index (χ0) is 9.56. The Balaban J connectivity index is 3.95. The van der Waals surface area contributed by atoms with Gasteiger partial charge in [-0.1, -0.05) is 0 Å². The van der Waals surface area contributed by atoms with Crippen LogP contribution in [-0.4, -0.2) is 11.7 Å². The maximum Gasteiger partial charge on any atom is 0.231 e. The van der Waals surface area contributed by atoms with Gasteiger partial charge in [0.1, 0.15) is 5.78 Å². The SMILES string of the molecule is CC(=O)CC(=O)NC(C)=CC#N.